The molecule has 0 saturated carbocycles. The fraction of sp³-hybridized carbons (Fsp3) is 0.429. The normalized spacial score (nSPS) is 21.6. The Balaban J connectivity index is 1.84. The molecular weight excluding hydrogens is 280 g/mol. The Labute approximate surface area is 120 Å². The van der Waals surface area contributed by atoms with Crippen LogP contribution in [0.4, 0.5) is 14.5 Å². The van der Waals surface area contributed by atoms with Crippen molar-refractivity contribution in [2.24, 2.45) is 0 Å². The Morgan fingerprint density at radius 1 is 1.29 bits per heavy atom. The molecule has 1 atom stereocenters. The topological polar surface area (TPSA) is 66.6 Å². The minimum atomic E-state index is -1.02. The number of piperazine rings is 1. The summed E-state index contributed by atoms with van der Waals surface area (Å²) in [5.74, 6) is -2.58. The minimum Gasteiger partial charge on any atom is -0.396 e. The number of nitrogen functional groups attached to an aromatic ring is 1. The van der Waals surface area contributed by atoms with Crippen LogP contribution < -0.4 is 5.73 Å². The molecule has 7 heteroatoms. The quantitative estimate of drug-likeness (QED) is 0.786. The molecule has 0 aliphatic carbocycles. The third-order valence-electron chi connectivity index (χ3n) is 4.12. The first-order valence-electron chi connectivity index (χ1n) is 6.81. The van der Waals surface area contributed by atoms with Crippen molar-refractivity contribution in [2.75, 3.05) is 25.4 Å². The summed E-state index contributed by atoms with van der Waals surface area (Å²) < 4.78 is 27.7. The first kappa shape index (κ1) is 13.8. The van der Waals surface area contributed by atoms with Gasteiger partial charge in [-0.3, -0.25) is 9.59 Å². The summed E-state index contributed by atoms with van der Waals surface area (Å²) in [6, 6.07) is 2.03. The summed E-state index contributed by atoms with van der Waals surface area (Å²) in [5, 5.41) is 0. The van der Waals surface area contributed by atoms with Crippen molar-refractivity contribution < 1.29 is 18.4 Å². The molecule has 21 heavy (non-hydrogen) atoms. The van der Waals surface area contributed by atoms with E-state index in [9.17, 15) is 18.4 Å². The first-order chi connectivity index (χ1) is 9.99. The van der Waals surface area contributed by atoms with E-state index >= 15 is 0 Å². The first-order valence-corrected chi connectivity index (χ1v) is 6.81. The average molecular weight is 295 g/mol. The highest BCUT2D eigenvalue weighted by molar-refractivity contribution is 5.96. The van der Waals surface area contributed by atoms with E-state index < -0.39 is 23.1 Å². The molecule has 1 aromatic carbocycles. The smallest absolute Gasteiger partial charge is 0.260 e. The Morgan fingerprint density at radius 2 is 2.05 bits per heavy atom. The molecule has 2 heterocycles. The van der Waals surface area contributed by atoms with Gasteiger partial charge in [0.05, 0.1) is 5.69 Å². The van der Waals surface area contributed by atoms with Crippen LogP contribution in [0.2, 0.25) is 0 Å². The van der Waals surface area contributed by atoms with Crippen molar-refractivity contribution in [3.8, 4) is 0 Å². The van der Waals surface area contributed by atoms with Gasteiger partial charge in [0.15, 0.2) is 5.82 Å². The summed E-state index contributed by atoms with van der Waals surface area (Å²) in [6.07, 6.45) is 1.14. The van der Waals surface area contributed by atoms with Gasteiger partial charge in [-0.25, -0.2) is 8.78 Å². The second kappa shape index (κ2) is 4.98. The number of hydrogen-bond acceptors (Lipinski definition) is 3. The molecule has 1 aromatic rings. The van der Waals surface area contributed by atoms with Gasteiger partial charge in [-0.05, 0) is 18.6 Å². The zero-order chi connectivity index (χ0) is 15.1. The number of halogens is 2. The number of carbonyl (C=O) groups is 2. The highest BCUT2D eigenvalue weighted by Crippen LogP contribution is 2.26. The summed E-state index contributed by atoms with van der Waals surface area (Å²) >= 11 is 0. The second-order valence-corrected chi connectivity index (χ2v) is 5.36. The average Bonchev–Trinajstić information content (AvgIpc) is 2.84. The molecular formula is C14H15F2N3O2. The fourth-order valence-corrected chi connectivity index (χ4v) is 2.97. The summed E-state index contributed by atoms with van der Waals surface area (Å²) in [4.78, 5) is 27.1. The minimum absolute atomic E-state index is 0.0534. The molecule has 5 nitrogen and oxygen atoms in total. The van der Waals surface area contributed by atoms with Gasteiger partial charge in [0.25, 0.3) is 5.91 Å². The number of fused-ring (bicyclic) bond motifs is 1. The van der Waals surface area contributed by atoms with Crippen LogP contribution in [-0.4, -0.2) is 47.3 Å². The highest BCUT2D eigenvalue weighted by atomic mass is 19.1. The predicted molar refractivity (Wildman–Crippen MR) is 71.4 cm³/mol. The lowest BCUT2D eigenvalue weighted by molar-refractivity contribution is -0.130. The lowest BCUT2D eigenvalue weighted by atomic mass is 10.1. The molecule has 2 N–H and O–H groups in total. The number of hydrogen-bond donors (Lipinski definition) is 1. The van der Waals surface area contributed by atoms with Gasteiger partial charge in [-0.15, -0.1) is 0 Å². The standard InChI is InChI=1S/C14H15F2N3O2/c15-9-2-3-10(17)13(16)12(9)14(21)18-5-6-19-8(7-18)1-4-11(19)20/h2-3,8H,1,4-7,17H2. The maximum absolute atomic E-state index is 13.9. The second-order valence-electron chi connectivity index (χ2n) is 5.36. The van der Waals surface area contributed by atoms with E-state index in [0.29, 0.717) is 25.9 Å². The number of nitrogens with zero attached hydrogens (tertiary/aromatic N) is 2. The van der Waals surface area contributed by atoms with E-state index in [1.807, 2.05) is 0 Å². The summed E-state index contributed by atoms with van der Waals surface area (Å²) in [5.41, 5.74) is 4.52. The SMILES string of the molecule is Nc1ccc(F)c(C(=O)N2CCN3C(=O)CCC3C2)c1F. The highest BCUT2D eigenvalue weighted by Gasteiger charge is 2.38. The van der Waals surface area contributed by atoms with Crippen molar-refractivity contribution in [2.45, 2.75) is 18.9 Å². The molecule has 2 aliphatic heterocycles. The van der Waals surface area contributed by atoms with Crippen LogP contribution in [0.15, 0.2) is 12.1 Å². The maximum atomic E-state index is 13.9. The Kier molecular flexibility index (Phi) is 3.27. The van der Waals surface area contributed by atoms with Gasteiger partial charge >= 0.3 is 0 Å². The van der Waals surface area contributed by atoms with Crippen LogP contribution in [0.5, 0.6) is 0 Å². The molecule has 2 amide bonds. The van der Waals surface area contributed by atoms with Crippen LogP contribution in [0, 0.1) is 11.6 Å². The largest absolute Gasteiger partial charge is 0.396 e. The van der Waals surface area contributed by atoms with Crippen molar-refractivity contribution in [1.82, 2.24) is 9.80 Å². The summed E-state index contributed by atoms with van der Waals surface area (Å²) in [6.45, 7) is 0.980. The molecule has 0 bridgehead atoms. The van der Waals surface area contributed by atoms with E-state index in [1.54, 1.807) is 4.90 Å². The van der Waals surface area contributed by atoms with Crippen LogP contribution in [0.25, 0.3) is 0 Å². The third kappa shape index (κ3) is 2.22. The Morgan fingerprint density at radius 3 is 2.81 bits per heavy atom. The number of amides is 2. The van der Waals surface area contributed by atoms with E-state index in [0.717, 1.165) is 12.1 Å². The van der Waals surface area contributed by atoms with Crippen LogP contribution in [-0.2, 0) is 4.79 Å². The van der Waals surface area contributed by atoms with Crippen LogP contribution >= 0.6 is 0 Å². The van der Waals surface area contributed by atoms with Gasteiger partial charge in [-0.2, -0.15) is 0 Å². The van der Waals surface area contributed by atoms with Crippen molar-refractivity contribution in [3.05, 3.63) is 29.3 Å². The van der Waals surface area contributed by atoms with E-state index in [-0.39, 0.29) is 24.2 Å². The molecule has 2 aliphatic rings. The number of carbonyl (C=O) groups excluding carboxylic acids is 2. The fourth-order valence-electron chi connectivity index (χ4n) is 2.97. The molecule has 112 valence electrons. The third-order valence-corrected chi connectivity index (χ3v) is 4.12. The lowest BCUT2D eigenvalue weighted by Gasteiger charge is -2.37. The van der Waals surface area contributed by atoms with Crippen LogP contribution in [0.3, 0.4) is 0 Å². The Bertz CT molecular complexity index is 620. The molecule has 2 fully saturated rings. The molecule has 3 rings (SSSR count). The monoisotopic (exact) mass is 295 g/mol. The molecule has 0 aromatic heterocycles. The number of rotatable bonds is 1. The van der Waals surface area contributed by atoms with Gasteiger partial charge < -0.3 is 15.5 Å². The molecule has 1 unspecified atom stereocenters. The van der Waals surface area contributed by atoms with E-state index in [4.69, 9.17) is 5.73 Å². The number of benzene rings is 1. The molecule has 2 saturated heterocycles. The summed E-state index contributed by atoms with van der Waals surface area (Å²) in [7, 11) is 0. The van der Waals surface area contributed by atoms with Gasteiger partial charge in [0, 0.05) is 32.1 Å². The van der Waals surface area contributed by atoms with E-state index in [2.05, 4.69) is 0 Å². The zero-order valence-electron chi connectivity index (χ0n) is 11.3. The number of anilines is 1. The molecule has 0 spiro atoms. The van der Waals surface area contributed by atoms with Crippen molar-refractivity contribution in [1.29, 1.82) is 0 Å². The van der Waals surface area contributed by atoms with Gasteiger partial charge in [0.2, 0.25) is 5.91 Å². The Hall–Kier alpha value is -2.18. The van der Waals surface area contributed by atoms with Crippen molar-refractivity contribution in [3.63, 3.8) is 0 Å². The number of nitrogens with two attached hydrogens (primary N) is 1. The van der Waals surface area contributed by atoms with E-state index in [1.165, 1.54) is 4.90 Å². The van der Waals surface area contributed by atoms with Crippen molar-refractivity contribution >= 4 is 17.5 Å². The van der Waals surface area contributed by atoms with Gasteiger partial charge in [-0.1, -0.05) is 0 Å². The zero-order valence-corrected chi connectivity index (χ0v) is 11.3. The van der Waals surface area contributed by atoms with Crippen LogP contribution in [0.1, 0.15) is 23.2 Å². The van der Waals surface area contributed by atoms with Gasteiger partial charge in [0.1, 0.15) is 11.4 Å². The predicted octanol–water partition coefficient (Wildman–Crippen LogP) is 0.994. The maximum Gasteiger partial charge on any atom is 0.260 e. The molecule has 0 radical (unpaired) electrons. The lowest BCUT2D eigenvalue weighted by Crippen LogP contribution is -2.53.